The van der Waals surface area contributed by atoms with Crippen LogP contribution >= 0.6 is 0 Å². The summed E-state index contributed by atoms with van der Waals surface area (Å²) >= 11 is 0. The van der Waals surface area contributed by atoms with Crippen LogP contribution in [0.25, 0.3) is 0 Å². The van der Waals surface area contributed by atoms with Gasteiger partial charge in [-0.15, -0.1) is 0 Å². The summed E-state index contributed by atoms with van der Waals surface area (Å²) in [5, 5.41) is 10.9. The van der Waals surface area contributed by atoms with E-state index in [1.165, 1.54) is 17.7 Å². The van der Waals surface area contributed by atoms with Gasteiger partial charge in [0, 0.05) is 37.8 Å². The second-order valence-electron chi connectivity index (χ2n) is 6.54. The van der Waals surface area contributed by atoms with E-state index in [-0.39, 0.29) is 5.41 Å². The van der Waals surface area contributed by atoms with E-state index in [1.807, 2.05) is 0 Å². The van der Waals surface area contributed by atoms with Crippen molar-refractivity contribution in [1.82, 2.24) is 0 Å². The van der Waals surface area contributed by atoms with Gasteiger partial charge in [-0.05, 0) is 42.9 Å². The highest BCUT2D eigenvalue weighted by molar-refractivity contribution is 5.56. The summed E-state index contributed by atoms with van der Waals surface area (Å²) in [5.74, 6) is 0. The fourth-order valence-corrected chi connectivity index (χ4v) is 3.69. The number of nitrogens with two attached hydrogens (primary N) is 1. The zero-order valence-electron chi connectivity index (χ0n) is 12.8. The molecule has 116 valence electrons. The highest BCUT2D eigenvalue weighted by Gasteiger charge is 2.39. The Kier molecular flexibility index (Phi) is 4.20. The second-order valence-corrected chi connectivity index (χ2v) is 6.54. The summed E-state index contributed by atoms with van der Waals surface area (Å²) < 4.78 is 5.60. The van der Waals surface area contributed by atoms with Gasteiger partial charge in [-0.3, -0.25) is 0 Å². The van der Waals surface area contributed by atoms with Gasteiger partial charge in [0.2, 0.25) is 0 Å². The van der Waals surface area contributed by atoms with Crippen LogP contribution in [0.4, 0.5) is 5.69 Å². The van der Waals surface area contributed by atoms with Gasteiger partial charge in [0.15, 0.2) is 0 Å². The maximum atomic E-state index is 10.9. The van der Waals surface area contributed by atoms with Crippen molar-refractivity contribution in [3.63, 3.8) is 0 Å². The lowest BCUT2D eigenvalue weighted by atomic mass is 9.74. The molecule has 4 nitrogen and oxygen atoms in total. The van der Waals surface area contributed by atoms with Crippen LogP contribution in [0.15, 0.2) is 18.2 Å². The van der Waals surface area contributed by atoms with Gasteiger partial charge in [-0.2, -0.15) is 0 Å². The van der Waals surface area contributed by atoms with E-state index in [4.69, 9.17) is 10.5 Å². The van der Waals surface area contributed by atoms with Crippen molar-refractivity contribution in [2.75, 3.05) is 38.3 Å². The maximum absolute atomic E-state index is 10.9. The third-order valence-electron chi connectivity index (χ3n) is 5.11. The van der Waals surface area contributed by atoms with E-state index < -0.39 is 6.10 Å². The molecule has 1 saturated heterocycles. The number of benzene rings is 1. The summed E-state index contributed by atoms with van der Waals surface area (Å²) in [6.45, 7) is 2.91. The third kappa shape index (κ3) is 2.68. The van der Waals surface area contributed by atoms with Crippen LogP contribution < -0.4 is 10.6 Å². The molecule has 2 atom stereocenters. The lowest BCUT2D eigenvalue weighted by Gasteiger charge is -2.40. The molecule has 2 heterocycles. The van der Waals surface area contributed by atoms with Crippen LogP contribution in [-0.2, 0) is 11.2 Å². The van der Waals surface area contributed by atoms with E-state index in [9.17, 15) is 5.11 Å². The minimum absolute atomic E-state index is 0.326. The molecule has 2 aliphatic rings. The van der Waals surface area contributed by atoms with Crippen molar-refractivity contribution in [3.8, 4) is 0 Å². The van der Waals surface area contributed by atoms with E-state index in [0.717, 1.165) is 38.0 Å². The zero-order valence-corrected chi connectivity index (χ0v) is 12.8. The molecule has 21 heavy (non-hydrogen) atoms. The number of ether oxygens (including phenoxy) is 1. The largest absolute Gasteiger partial charge is 0.388 e. The standard InChI is InChI=1S/C17H26N2O2/c1-19-8-2-4-13-10-14(5-6-15(13)19)16(20)17(11-18)7-3-9-21-12-17/h5-6,10,16,20H,2-4,7-9,11-12,18H2,1H3. The van der Waals surface area contributed by atoms with Crippen molar-refractivity contribution in [3.05, 3.63) is 29.3 Å². The number of aryl methyl sites for hydroxylation is 1. The van der Waals surface area contributed by atoms with Crippen LogP contribution in [0, 0.1) is 5.41 Å². The highest BCUT2D eigenvalue weighted by atomic mass is 16.5. The van der Waals surface area contributed by atoms with Crippen LogP contribution in [0.1, 0.15) is 36.5 Å². The zero-order chi connectivity index (χ0) is 14.9. The van der Waals surface area contributed by atoms with Gasteiger partial charge in [0.05, 0.1) is 12.7 Å². The summed E-state index contributed by atoms with van der Waals surface area (Å²) in [7, 11) is 2.13. The molecule has 2 aliphatic heterocycles. The van der Waals surface area contributed by atoms with E-state index in [2.05, 4.69) is 30.1 Å². The molecular formula is C17H26N2O2. The molecule has 2 unspecified atom stereocenters. The Morgan fingerprint density at radius 3 is 3.00 bits per heavy atom. The predicted molar refractivity (Wildman–Crippen MR) is 84.5 cm³/mol. The fourth-order valence-electron chi connectivity index (χ4n) is 3.69. The average molecular weight is 290 g/mol. The van der Waals surface area contributed by atoms with E-state index in [0.29, 0.717) is 13.2 Å². The van der Waals surface area contributed by atoms with Crippen molar-refractivity contribution >= 4 is 5.69 Å². The first-order chi connectivity index (χ1) is 10.2. The third-order valence-corrected chi connectivity index (χ3v) is 5.11. The first-order valence-corrected chi connectivity index (χ1v) is 7.96. The molecule has 3 rings (SSSR count). The molecule has 0 saturated carbocycles. The summed E-state index contributed by atoms with van der Waals surface area (Å²) in [6, 6.07) is 6.36. The van der Waals surface area contributed by atoms with E-state index in [1.54, 1.807) is 0 Å². The molecule has 0 aromatic heterocycles. The number of rotatable bonds is 3. The number of nitrogens with zero attached hydrogens (tertiary/aromatic N) is 1. The number of hydrogen-bond donors (Lipinski definition) is 2. The van der Waals surface area contributed by atoms with Crippen LogP contribution in [0.5, 0.6) is 0 Å². The van der Waals surface area contributed by atoms with Gasteiger partial charge in [-0.1, -0.05) is 12.1 Å². The van der Waals surface area contributed by atoms with E-state index >= 15 is 0 Å². The first kappa shape index (κ1) is 14.8. The lowest BCUT2D eigenvalue weighted by molar-refractivity contribution is -0.0782. The average Bonchev–Trinajstić information content (AvgIpc) is 2.54. The Hall–Kier alpha value is -1.10. The predicted octanol–water partition coefficient (Wildman–Crippen LogP) is 1.86. The second kappa shape index (κ2) is 5.95. The number of aliphatic hydroxyl groups is 1. The first-order valence-electron chi connectivity index (χ1n) is 7.96. The number of aliphatic hydroxyl groups excluding tert-OH is 1. The molecule has 0 spiro atoms. The molecule has 0 amide bonds. The summed E-state index contributed by atoms with van der Waals surface area (Å²) in [4.78, 5) is 2.29. The summed E-state index contributed by atoms with van der Waals surface area (Å²) in [6.07, 6.45) is 3.63. The normalized spacial score (nSPS) is 27.3. The minimum atomic E-state index is -0.541. The molecule has 3 N–H and O–H groups in total. The van der Waals surface area contributed by atoms with Crippen molar-refractivity contribution in [2.24, 2.45) is 11.1 Å². The SMILES string of the molecule is CN1CCCc2cc(C(O)C3(CN)CCCOC3)ccc21. The fraction of sp³-hybridized carbons (Fsp3) is 0.647. The number of fused-ring (bicyclic) bond motifs is 1. The van der Waals surface area contributed by atoms with Gasteiger partial charge in [0.25, 0.3) is 0 Å². The Morgan fingerprint density at radius 1 is 1.43 bits per heavy atom. The molecule has 0 radical (unpaired) electrons. The molecule has 4 heteroatoms. The lowest BCUT2D eigenvalue weighted by Crippen LogP contribution is -2.43. The van der Waals surface area contributed by atoms with Crippen molar-refractivity contribution in [2.45, 2.75) is 31.8 Å². The summed E-state index contributed by atoms with van der Waals surface area (Å²) in [5.41, 5.74) is 9.28. The Labute approximate surface area is 126 Å². The van der Waals surface area contributed by atoms with Crippen molar-refractivity contribution in [1.29, 1.82) is 0 Å². The molecule has 0 aliphatic carbocycles. The number of anilines is 1. The van der Waals surface area contributed by atoms with Gasteiger partial charge in [0.1, 0.15) is 0 Å². The van der Waals surface area contributed by atoms with Gasteiger partial charge >= 0.3 is 0 Å². The quantitative estimate of drug-likeness (QED) is 0.892. The highest BCUT2D eigenvalue weighted by Crippen LogP contribution is 2.41. The van der Waals surface area contributed by atoms with Gasteiger partial charge < -0.3 is 20.5 Å². The molecule has 1 aromatic carbocycles. The Bertz CT molecular complexity index is 498. The van der Waals surface area contributed by atoms with Crippen LogP contribution in [-0.4, -0.2) is 38.5 Å². The minimum Gasteiger partial charge on any atom is -0.388 e. The van der Waals surface area contributed by atoms with Crippen LogP contribution in [0.3, 0.4) is 0 Å². The topological polar surface area (TPSA) is 58.7 Å². The molecule has 1 aromatic rings. The maximum Gasteiger partial charge on any atom is 0.0880 e. The van der Waals surface area contributed by atoms with Gasteiger partial charge in [-0.25, -0.2) is 0 Å². The molecular weight excluding hydrogens is 264 g/mol. The number of hydrogen-bond acceptors (Lipinski definition) is 4. The molecule has 1 fully saturated rings. The molecule has 0 bridgehead atoms. The monoisotopic (exact) mass is 290 g/mol. The van der Waals surface area contributed by atoms with Crippen LogP contribution in [0.2, 0.25) is 0 Å². The Balaban J connectivity index is 1.89. The Morgan fingerprint density at radius 2 is 2.29 bits per heavy atom. The smallest absolute Gasteiger partial charge is 0.0880 e. The van der Waals surface area contributed by atoms with Crippen molar-refractivity contribution < 1.29 is 9.84 Å².